The third-order valence-corrected chi connectivity index (χ3v) is 2.79. The average molecular weight is 228 g/mol. The summed E-state index contributed by atoms with van der Waals surface area (Å²) in [4.78, 5) is 4.02. The van der Waals surface area contributed by atoms with Gasteiger partial charge in [0.25, 0.3) is 0 Å². The van der Waals surface area contributed by atoms with Gasteiger partial charge in [-0.2, -0.15) is 4.98 Å². The molecule has 0 saturated carbocycles. The zero-order valence-corrected chi connectivity index (χ0v) is 9.21. The van der Waals surface area contributed by atoms with Crippen LogP contribution in [0.5, 0.6) is 0 Å². The van der Waals surface area contributed by atoms with Crippen molar-refractivity contribution >= 4 is 10.9 Å². The smallest absolute Gasteiger partial charge is 0.213 e. The molecule has 0 atom stereocenters. The van der Waals surface area contributed by atoms with Gasteiger partial charge in [0.1, 0.15) is 0 Å². The number of aromatic nitrogens is 3. The first-order valence-corrected chi connectivity index (χ1v) is 5.40. The van der Waals surface area contributed by atoms with Crippen LogP contribution >= 0.6 is 0 Å². The van der Waals surface area contributed by atoms with Gasteiger partial charge in [-0.05, 0) is 23.1 Å². The molecule has 0 fully saturated rings. The zero-order valence-electron chi connectivity index (χ0n) is 9.21. The third kappa shape index (κ3) is 1.81. The van der Waals surface area contributed by atoms with Crippen molar-refractivity contribution in [1.29, 1.82) is 0 Å². The molecule has 0 radical (unpaired) electrons. The van der Waals surface area contributed by atoms with Gasteiger partial charge >= 0.3 is 0 Å². The van der Waals surface area contributed by atoms with Crippen LogP contribution in [-0.2, 0) is 13.1 Å². The summed E-state index contributed by atoms with van der Waals surface area (Å²) in [5.74, 6) is 0.667. The molecule has 0 spiro atoms. The lowest BCUT2D eigenvalue weighted by molar-refractivity contribution is 0.408. The zero-order chi connectivity index (χ0) is 11.7. The highest BCUT2D eigenvalue weighted by molar-refractivity contribution is 5.80. The minimum absolute atomic E-state index is 0.545. The Hall–Kier alpha value is -2.14. The molecular formula is C12H12N4O. The molecule has 0 unspecified atom stereocenters. The second-order valence-electron chi connectivity index (χ2n) is 3.89. The predicted molar refractivity (Wildman–Crippen MR) is 63.2 cm³/mol. The van der Waals surface area contributed by atoms with Crippen LogP contribution in [0.2, 0.25) is 0 Å². The molecule has 0 saturated heterocycles. The first-order valence-electron chi connectivity index (χ1n) is 5.40. The summed E-state index contributed by atoms with van der Waals surface area (Å²) in [6, 6.07) is 8.27. The maximum atomic E-state index is 5.65. The van der Waals surface area contributed by atoms with Crippen molar-refractivity contribution in [1.82, 2.24) is 14.7 Å². The van der Waals surface area contributed by atoms with Crippen molar-refractivity contribution in [2.24, 2.45) is 5.73 Å². The van der Waals surface area contributed by atoms with E-state index < -0.39 is 0 Å². The minimum Gasteiger partial charge on any atom is -0.343 e. The summed E-state index contributed by atoms with van der Waals surface area (Å²) in [6.07, 6.45) is 3.35. The number of rotatable bonds is 3. The van der Waals surface area contributed by atoms with E-state index >= 15 is 0 Å². The van der Waals surface area contributed by atoms with Crippen LogP contribution in [0.1, 0.15) is 11.4 Å². The van der Waals surface area contributed by atoms with E-state index in [0.717, 1.165) is 11.1 Å². The molecule has 3 aromatic rings. The van der Waals surface area contributed by atoms with Crippen molar-refractivity contribution in [3.05, 3.63) is 48.2 Å². The number of hydrogen-bond donors (Lipinski definition) is 1. The van der Waals surface area contributed by atoms with E-state index in [-0.39, 0.29) is 0 Å². The number of nitrogens with zero attached hydrogens (tertiary/aromatic N) is 3. The molecule has 0 aliphatic rings. The van der Waals surface area contributed by atoms with Gasteiger partial charge in [0.05, 0.1) is 6.54 Å². The number of benzene rings is 1. The fourth-order valence-electron chi connectivity index (χ4n) is 1.91. The van der Waals surface area contributed by atoms with Crippen molar-refractivity contribution in [2.75, 3.05) is 0 Å². The first kappa shape index (κ1) is 10.0. The van der Waals surface area contributed by atoms with Crippen LogP contribution < -0.4 is 5.73 Å². The SMILES string of the molecule is NCc1ccc2ccn(Cc3ncon3)c2c1. The predicted octanol–water partition coefficient (Wildman–Crippen LogP) is 1.53. The summed E-state index contributed by atoms with van der Waals surface area (Å²) in [6.45, 7) is 1.15. The molecule has 2 N–H and O–H groups in total. The molecule has 5 nitrogen and oxygen atoms in total. The fraction of sp³-hybridized carbons (Fsp3) is 0.167. The van der Waals surface area contributed by atoms with Gasteiger partial charge in [-0.25, -0.2) is 0 Å². The van der Waals surface area contributed by atoms with E-state index in [9.17, 15) is 0 Å². The third-order valence-electron chi connectivity index (χ3n) is 2.79. The van der Waals surface area contributed by atoms with Crippen molar-refractivity contribution in [3.63, 3.8) is 0 Å². The highest BCUT2D eigenvalue weighted by Crippen LogP contribution is 2.18. The molecule has 3 rings (SSSR count). The molecule has 0 bridgehead atoms. The normalized spacial score (nSPS) is 11.1. The summed E-state index contributed by atoms with van der Waals surface area (Å²) >= 11 is 0. The Morgan fingerprint density at radius 2 is 2.24 bits per heavy atom. The molecule has 17 heavy (non-hydrogen) atoms. The maximum Gasteiger partial charge on any atom is 0.213 e. The van der Waals surface area contributed by atoms with E-state index in [1.54, 1.807) is 0 Å². The Morgan fingerprint density at radius 1 is 1.29 bits per heavy atom. The number of fused-ring (bicyclic) bond motifs is 1. The summed E-state index contributed by atoms with van der Waals surface area (Å²) in [5, 5.41) is 4.99. The van der Waals surface area contributed by atoms with Crippen LogP contribution in [0.25, 0.3) is 10.9 Å². The summed E-state index contributed by atoms with van der Waals surface area (Å²) in [5.41, 5.74) is 7.90. The van der Waals surface area contributed by atoms with Gasteiger partial charge in [-0.3, -0.25) is 0 Å². The molecule has 2 heterocycles. The Kier molecular flexibility index (Phi) is 2.38. The van der Waals surface area contributed by atoms with Gasteiger partial charge in [0, 0.05) is 18.3 Å². The van der Waals surface area contributed by atoms with Crippen molar-refractivity contribution in [3.8, 4) is 0 Å². The van der Waals surface area contributed by atoms with E-state index in [4.69, 9.17) is 10.3 Å². The molecule has 0 aliphatic carbocycles. The molecular weight excluding hydrogens is 216 g/mol. The van der Waals surface area contributed by atoms with Crippen LogP contribution in [0, 0.1) is 0 Å². The molecule has 0 amide bonds. The summed E-state index contributed by atoms with van der Waals surface area (Å²) < 4.78 is 6.81. The lowest BCUT2D eigenvalue weighted by atomic mass is 10.1. The van der Waals surface area contributed by atoms with E-state index in [2.05, 4.69) is 32.9 Å². The highest BCUT2D eigenvalue weighted by Gasteiger charge is 2.05. The van der Waals surface area contributed by atoms with Gasteiger partial charge < -0.3 is 14.8 Å². The topological polar surface area (TPSA) is 69.9 Å². The van der Waals surface area contributed by atoms with Gasteiger partial charge in [0.2, 0.25) is 6.39 Å². The van der Waals surface area contributed by atoms with Gasteiger partial charge in [0.15, 0.2) is 5.82 Å². The lowest BCUT2D eigenvalue weighted by Crippen LogP contribution is -2.01. The molecule has 86 valence electrons. The maximum absolute atomic E-state index is 5.65. The van der Waals surface area contributed by atoms with Crippen LogP contribution in [-0.4, -0.2) is 14.7 Å². The Bertz CT molecular complexity index is 627. The van der Waals surface area contributed by atoms with Crippen molar-refractivity contribution in [2.45, 2.75) is 13.1 Å². The number of hydrogen-bond acceptors (Lipinski definition) is 4. The van der Waals surface area contributed by atoms with E-state index in [1.807, 2.05) is 12.3 Å². The minimum atomic E-state index is 0.545. The fourth-order valence-corrected chi connectivity index (χ4v) is 1.91. The Balaban J connectivity index is 2.04. The first-order chi connectivity index (χ1) is 8.36. The Morgan fingerprint density at radius 3 is 3.00 bits per heavy atom. The van der Waals surface area contributed by atoms with Crippen LogP contribution in [0.15, 0.2) is 41.4 Å². The Labute approximate surface area is 97.8 Å². The molecule has 1 aromatic carbocycles. The molecule has 2 aromatic heterocycles. The second-order valence-corrected chi connectivity index (χ2v) is 3.89. The van der Waals surface area contributed by atoms with Crippen LogP contribution in [0.4, 0.5) is 0 Å². The molecule has 0 aliphatic heterocycles. The number of nitrogens with two attached hydrogens (primary N) is 1. The lowest BCUT2D eigenvalue weighted by Gasteiger charge is -2.03. The van der Waals surface area contributed by atoms with Gasteiger partial charge in [-0.15, -0.1) is 0 Å². The van der Waals surface area contributed by atoms with Crippen LogP contribution in [0.3, 0.4) is 0 Å². The van der Waals surface area contributed by atoms with E-state index in [0.29, 0.717) is 18.9 Å². The average Bonchev–Trinajstić information content (AvgIpc) is 2.99. The standard InChI is InChI=1S/C12H12N4O/c13-6-9-1-2-10-3-4-16(11(10)5-9)7-12-14-8-17-15-12/h1-5,8H,6-7,13H2. The molecule has 5 heteroatoms. The highest BCUT2D eigenvalue weighted by atomic mass is 16.5. The summed E-state index contributed by atoms with van der Waals surface area (Å²) in [7, 11) is 0. The largest absolute Gasteiger partial charge is 0.343 e. The van der Waals surface area contributed by atoms with Gasteiger partial charge in [-0.1, -0.05) is 17.3 Å². The van der Waals surface area contributed by atoms with Crippen molar-refractivity contribution < 1.29 is 4.52 Å². The second kappa shape index (κ2) is 4.03. The quantitative estimate of drug-likeness (QED) is 0.738. The van der Waals surface area contributed by atoms with E-state index in [1.165, 1.54) is 11.8 Å². The monoisotopic (exact) mass is 228 g/mol.